The van der Waals surface area contributed by atoms with Crippen LogP contribution >= 0.6 is 0 Å². The summed E-state index contributed by atoms with van der Waals surface area (Å²) in [5.41, 5.74) is 1.80. The molecule has 0 unspecified atom stereocenters. The molecule has 2 heteroatoms. The molecule has 0 bridgehead atoms. The predicted octanol–water partition coefficient (Wildman–Crippen LogP) is 3.52. The maximum Gasteiger partial charge on any atom is 0.128 e. The zero-order valence-corrected chi connectivity index (χ0v) is 10.6. The second-order valence-corrected chi connectivity index (χ2v) is 4.61. The van der Waals surface area contributed by atoms with Gasteiger partial charge in [-0.3, -0.25) is 4.99 Å². The maximum atomic E-state index is 10.2. The number of rotatable bonds is 4. The minimum Gasteiger partial charge on any atom is -0.507 e. The molecule has 2 nitrogen and oxygen atoms in total. The lowest BCUT2D eigenvalue weighted by atomic mass is 9.81. The van der Waals surface area contributed by atoms with Gasteiger partial charge < -0.3 is 5.11 Å². The molecular weight excluding hydrogens is 198 g/mol. The average Bonchev–Trinajstić information content (AvgIpc) is 2.27. The minimum absolute atomic E-state index is 0.000147. The molecule has 0 aromatic heterocycles. The van der Waals surface area contributed by atoms with E-state index in [1.165, 1.54) is 0 Å². The number of phenols is 1. The second-order valence-electron chi connectivity index (χ2n) is 4.61. The smallest absolute Gasteiger partial charge is 0.128 e. The molecule has 0 amide bonds. The number of nitrogens with zero attached hydrogens (tertiary/aromatic N) is 1. The van der Waals surface area contributed by atoms with E-state index < -0.39 is 0 Å². The highest BCUT2D eigenvalue weighted by atomic mass is 16.3. The fraction of sp³-hybridized carbons (Fsp3) is 0.500. The molecule has 1 N–H and O–H groups in total. The van der Waals surface area contributed by atoms with Crippen LogP contribution in [0.4, 0.5) is 0 Å². The predicted molar refractivity (Wildman–Crippen MR) is 69.6 cm³/mol. The average molecular weight is 219 g/mol. The summed E-state index contributed by atoms with van der Waals surface area (Å²) >= 11 is 0. The summed E-state index contributed by atoms with van der Waals surface area (Å²) in [5, 5.41) is 10.2. The van der Waals surface area contributed by atoms with Gasteiger partial charge in [0.15, 0.2) is 0 Å². The normalized spacial score (nSPS) is 12.2. The van der Waals surface area contributed by atoms with Crippen molar-refractivity contribution in [1.82, 2.24) is 0 Å². The first-order chi connectivity index (χ1) is 7.53. The Morgan fingerprint density at radius 3 is 2.56 bits per heavy atom. The van der Waals surface area contributed by atoms with Crippen molar-refractivity contribution in [2.75, 3.05) is 6.54 Å². The largest absolute Gasteiger partial charge is 0.507 e. The van der Waals surface area contributed by atoms with Crippen LogP contribution in [0.1, 0.15) is 45.2 Å². The van der Waals surface area contributed by atoms with Crippen molar-refractivity contribution in [3.05, 3.63) is 29.3 Å². The van der Waals surface area contributed by atoms with Crippen LogP contribution in [0.15, 0.2) is 23.2 Å². The van der Waals surface area contributed by atoms with Crippen LogP contribution in [0.3, 0.4) is 0 Å². The van der Waals surface area contributed by atoms with Gasteiger partial charge in [0.25, 0.3) is 0 Å². The molecule has 0 radical (unpaired) electrons. The van der Waals surface area contributed by atoms with Crippen LogP contribution in [-0.2, 0) is 5.41 Å². The Morgan fingerprint density at radius 1 is 1.31 bits per heavy atom. The molecule has 0 aliphatic carbocycles. The molecule has 1 aromatic carbocycles. The molecule has 16 heavy (non-hydrogen) atoms. The fourth-order valence-corrected chi connectivity index (χ4v) is 1.59. The molecule has 1 rings (SSSR count). The first kappa shape index (κ1) is 12.8. The lowest BCUT2D eigenvalue weighted by Crippen LogP contribution is -2.16. The van der Waals surface area contributed by atoms with Gasteiger partial charge in [-0.25, -0.2) is 0 Å². The van der Waals surface area contributed by atoms with Crippen molar-refractivity contribution >= 4 is 6.21 Å². The number of hydrogen-bond acceptors (Lipinski definition) is 2. The molecule has 88 valence electrons. The SMILES string of the molecule is CCN=Cc1cccc(C(C)(C)CC)c1O. The van der Waals surface area contributed by atoms with Gasteiger partial charge in [0.2, 0.25) is 0 Å². The van der Waals surface area contributed by atoms with Gasteiger partial charge in [0, 0.05) is 23.9 Å². The van der Waals surface area contributed by atoms with Gasteiger partial charge in [-0.1, -0.05) is 32.9 Å². The Balaban J connectivity index is 3.18. The first-order valence-electron chi connectivity index (χ1n) is 5.85. The van der Waals surface area contributed by atoms with Crippen molar-refractivity contribution in [1.29, 1.82) is 0 Å². The van der Waals surface area contributed by atoms with Crippen LogP contribution in [-0.4, -0.2) is 17.9 Å². The Kier molecular flexibility index (Phi) is 4.11. The lowest BCUT2D eigenvalue weighted by Gasteiger charge is -2.24. The van der Waals surface area contributed by atoms with E-state index in [0.29, 0.717) is 5.75 Å². The third-order valence-electron chi connectivity index (χ3n) is 3.09. The number of hydrogen-bond donors (Lipinski definition) is 1. The molecule has 0 aliphatic rings. The van der Waals surface area contributed by atoms with Crippen molar-refractivity contribution in [3.63, 3.8) is 0 Å². The molecule has 0 fully saturated rings. The zero-order chi connectivity index (χ0) is 12.2. The van der Waals surface area contributed by atoms with E-state index in [0.717, 1.165) is 24.1 Å². The lowest BCUT2D eigenvalue weighted by molar-refractivity contribution is 0.428. The fourth-order valence-electron chi connectivity index (χ4n) is 1.59. The Labute approximate surface area is 98.0 Å². The van der Waals surface area contributed by atoms with Gasteiger partial charge in [0.05, 0.1) is 0 Å². The Hall–Kier alpha value is -1.31. The molecule has 0 atom stereocenters. The van der Waals surface area contributed by atoms with E-state index in [4.69, 9.17) is 0 Å². The summed E-state index contributed by atoms with van der Waals surface area (Å²) in [6.07, 6.45) is 2.74. The highest BCUT2D eigenvalue weighted by molar-refractivity contribution is 5.84. The summed E-state index contributed by atoms with van der Waals surface area (Å²) in [5.74, 6) is 0.367. The van der Waals surface area contributed by atoms with Crippen LogP contribution in [0.25, 0.3) is 0 Å². The maximum absolute atomic E-state index is 10.2. The second kappa shape index (κ2) is 5.15. The van der Waals surface area contributed by atoms with Gasteiger partial charge in [0.1, 0.15) is 5.75 Å². The number of benzene rings is 1. The first-order valence-corrected chi connectivity index (χ1v) is 5.85. The third kappa shape index (κ3) is 2.63. The van der Waals surface area contributed by atoms with Gasteiger partial charge in [-0.05, 0) is 24.8 Å². The van der Waals surface area contributed by atoms with Gasteiger partial charge in [-0.2, -0.15) is 0 Å². The van der Waals surface area contributed by atoms with E-state index in [1.807, 2.05) is 25.1 Å². The van der Waals surface area contributed by atoms with E-state index in [2.05, 4.69) is 25.8 Å². The number of aliphatic imine (C=N–C) groups is 1. The van der Waals surface area contributed by atoms with E-state index >= 15 is 0 Å². The molecular formula is C14H21NO. The highest BCUT2D eigenvalue weighted by Gasteiger charge is 2.22. The van der Waals surface area contributed by atoms with E-state index in [1.54, 1.807) is 6.21 Å². The summed E-state index contributed by atoms with van der Waals surface area (Å²) in [7, 11) is 0. The molecule has 1 aromatic rings. The van der Waals surface area contributed by atoms with Gasteiger partial charge >= 0.3 is 0 Å². The minimum atomic E-state index is 0.000147. The van der Waals surface area contributed by atoms with Gasteiger partial charge in [-0.15, -0.1) is 0 Å². The summed E-state index contributed by atoms with van der Waals surface area (Å²) in [6.45, 7) is 9.13. The summed E-state index contributed by atoms with van der Waals surface area (Å²) in [6, 6.07) is 5.86. The molecule has 0 heterocycles. The van der Waals surface area contributed by atoms with Crippen molar-refractivity contribution in [2.24, 2.45) is 4.99 Å². The Bertz CT molecular complexity index is 380. The quantitative estimate of drug-likeness (QED) is 0.772. The molecule has 0 aliphatic heterocycles. The van der Waals surface area contributed by atoms with Crippen LogP contribution < -0.4 is 0 Å². The monoisotopic (exact) mass is 219 g/mol. The van der Waals surface area contributed by atoms with E-state index in [9.17, 15) is 5.11 Å². The highest BCUT2D eigenvalue weighted by Crippen LogP contribution is 2.34. The third-order valence-corrected chi connectivity index (χ3v) is 3.09. The van der Waals surface area contributed by atoms with Crippen LogP contribution in [0.2, 0.25) is 0 Å². The molecule has 0 saturated heterocycles. The van der Waals surface area contributed by atoms with Crippen molar-refractivity contribution < 1.29 is 5.11 Å². The standard InChI is InChI=1S/C14H21NO/c1-5-14(3,4)12-9-7-8-11(13(12)16)10-15-6-2/h7-10,16H,5-6H2,1-4H3. The summed E-state index contributed by atoms with van der Waals surface area (Å²) < 4.78 is 0. The van der Waals surface area contributed by atoms with Crippen molar-refractivity contribution in [2.45, 2.75) is 39.5 Å². The van der Waals surface area contributed by atoms with Crippen LogP contribution in [0, 0.1) is 0 Å². The topological polar surface area (TPSA) is 32.6 Å². The number of phenolic OH excluding ortho intramolecular Hbond substituents is 1. The zero-order valence-electron chi connectivity index (χ0n) is 10.6. The van der Waals surface area contributed by atoms with Crippen LogP contribution in [0.5, 0.6) is 5.75 Å². The Morgan fingerprint density at radius 2 is 2.00 bits per heavy atom. The summed E-state index contributed by atoms with van der Waals surface area (Å²) in [4.78, 5) is 4.17. The van der Waals surface area contributed by atoms with Crippen molar-refractivity contribution in [3.8, 4) is 5.75 Å². The number of aromatic hydroxyl groups is 1. The number of para-hydroxylation sites is 1. The molecule has 0 saturated carbocycles. The molecule has 0 spiro atoms. The van der Waals surface area contributed by atoms with E-state index in [-0.39, 0.29) is 5.41 Å².